The van der Waals surface area contributed by atoms with Crippen LogP contribution in [0, 0.1) is 5.92 Å². The second kappa shape index (κ2) is 6.36. The minimum atomic E-state index is -0.447. The van der Waals surface area contributed by atoms with Crippen molar-refractivity contribution < 1.29 is 9.53 Å². The van der Waals surface area contributed by atoms with Crippen LogP contribution >= 0.6 is 27.5 Å². The Morgan fingerprint density at radius 1 is 1.38 bits per heavy atom. The highest BCUT2D eigenvalue weighted by Gasteiger charge is 2.30. The SMILES string of the molecule is COC(=O)C(C(C)C)n1c(C(C)Cl)nc2cc(Br)ccc21. The highest BCUT2D eigenvalue weighted by Crippen LogP contribution is 2.32. The number of carbonyl (C=O) groups is 1. The van der Waals surface area contributed by atoms with E-state index in [2.05, 4.69) is 20.9 Å². The molecule has 0 bridgehead atoms. The van der Waals surface area contributed by atoms with Gasteiger partial charge in [0.2, 0.25) is 0 Å². The molecule has 0 fully saturated rings. The summed E-state index contributed by atoms with van der Waals surface area (Å²) in [5.74, 6) is 0.451. The molecular weight excluding hydrogens is 356 g/mol. The Labute approximate surface area is 137 Å². The highest BCUT2D eigenvalue weighted by molar-refractivity contribution is 9.10. The van der Waals surface area contributed by atoms with Crippen LogP contribution in [-0.2, 0) is 9.53 Å². The molecule has 0 N–H and O–H groups in total. The highest BCUT2D eigenvalue weighted by atomic mass is 79.9. The summed E-state index contributed by atoms with van der Waals surface area (Å²) >= 11 is 9.71. The van der Waals surface area contributed by atoms with E-state index in [0.717, 1.165) is 15.5 Å². The Morgan fingerprint density at radius 2 is 2.05 bits per heavy atom. The number of aromatic nitrogens is 2. The predicted octanol–water partition coefficient (Wildman–Crippen LogP) is 4.47. The molecule has 2 rings (SSSR count). The fourth-order valence-electron chi connectivity index (χ4n) is 2.46. The Kier molecular flexibility index (Phi) is 4.94. The van der Waals surface area contributed by atoms with Crippen molar-refractivity contribution in [2.45, 2.75) is 32.2 Å². The number of esters is 1. The van der Waals surface area contributed by atoms with E-state index in [1.165, 1.54) is 7.11 Å². The molecule has 2 aromatic rings. The Hall–Kier alpha value is -1.07. The van der Waals surface area contributed by atoms with Crippen molar-refractivity contribution >= 4 is 44.5 Å². The zero-order chi connectivity index (χ0) is 15.7. The summed E-state index contributed by atoms with van der Waals surface area (Å²) < 4.78 is 7.80. The molecule has 0 aliphatic heterocycles. The normalized spacial score (nSPS) is 14.4. The third-order valence-corrected chi connectivity index (χ3v) is 4.08. The molecule has 1 heterocycles. The first-order chi connectivity index (χ1) is 9.86. The largest absolute Gasteiger partial charge is 0.467 e. The molecule has 2 unspecified atom stereocenters. The standard InChI is InChI=1S/C15H18BrClN2O2/c1-8(2)13(15(20)21-4)19-12-6-5-10(16)7-11(12)18-14(19)9(3)17/h5-9,13H,1-4H3. The number of halogens is 2. The number of methoxy groups -OCH3 is 1. The summed E-state index contributed by atoms with van der Waals surface area (Å²) in [4.78, 5) is 16.8. The Morgan fingerprint density at radius 3 is 2.57 bits per heavy atom. The van der Waals surface area contributed by atoms with E-state index in [0.29, 0.717) is 5.82 Å². The molecule has 4 nitrogen and oxygen atoms in total. The molecule has 0 saturated heterocycles. The molecule has 0 aliphatic rings. The van der Waals surface area contributed by atoms with E-state index >= 15 is 0 Å². The minimum absolute atomic E-state index is 0.0627. The van der Waals surface area contributed by atoms with Gasteiger partial charge in [-0.1, -0.05) is 29.8 Å². The van der Waals surface area contributed by atoms with E-state index in [1.807, 2.05) is 43.5 Å². The van der Waals surface area contributed by atoms with E-state index in [4.69, 9.17) is 16.3 Å². The maximum Gasteiger partial charge on any atom is 0.329 e. The number of ether oxygens (including phenoxy) is 1. The van der Waals surface area contributed by atoms with Crippen LogP contribution in [0.25, 0.3) is 11.0 Å². The molecule has 2 atom stereocenters. The van der Waals surface area contributed by atoms with Gasteiger partial charge in [0, 0.05) is 4.47 Å². The minimum Gasteiger partial charge on any atom is -0.467 e. The molecule has 114 valence electrons. The zero-order valence-corrected chi connectivity index (χ0v) is 14.8. The summed E-state index contributed by atoms with van der Waals surface area (Å²) in [6, 6.07) is 5.34. The molecule has 0 radical (unpaired) electrons. The molecule has 1 aromatic heterocycles. The number of alkyl halides is 1. The molecule has 1 aromatic carbocycles. The van der Waals surface area contributed by atoms with Crippen LogP contribution in [0.2, 0.25) is 0 Å². The van der Waals surface area contributed by atoms with Crippen LogP contribution in [0.1, 0.15) is 38.0 Å². The average Bonchev–Trinajstić information content (AvgIpc) is 2.77. The summed E-state index contributed by atoms with van der Waals surface area (Å²) in [5, 5.41) is -0.304. The number of hydrogen-bond donors (Lipinski definition) is 0. The van der Waals surface area contributed by atoms with E-state index in [-0.39, 0.29) is 17.3 Å². The van der Waals surface area contributed by atoms with Crippen LogP contribution in [0.4, 0.5) is 0 Å². The van der Waals surface area contributed by atoms with Gasteiger partial charge < -0.3 is 9.30 Å². The fourth-order valence-corrected chi connectivity index (χ4v) is 2.96. The number of fused-ring (bicyclic) bond motifs is 1. The number of rotatable bonds is 4. The van der Waals surface area contributed by atoms with Gasteiger partial charge in [-0.05, 0) is 31.0 Å². The van der Waals surface area contributed by atoms with Crippen molar-refractivity contribution in [1.29, 1.82) is 0 Å². The van der Waals surface area contributed by atoms with Gasteiger partial charge in [0.1, 0.15) is 11.9 Å². The Bertz CT molecular complexity index is 667. The zero-order valence-electron chi connectivity index (χ0n) is 12.4. The molecule has 0 amide bonds. The van der Waals surface area contributed by atoms with E-state index in [9.17, 15) is 4.79 Å². The van der Waals surface area contributed by atoms with E-state index < -0.39 is 6.04 Å². The molecule has 6 heteroatoms. The van der Waals surface area contributed by atoms with Crippen molar-refractivity contribution in [1.82, 2.24) is 9.55 Å². The van der Waals surface area contributed by atoms with Crippen LogP contribution in [0.3, 0.4) is 0 Å². The predicted molar refractivity (Wildman–Crippen MR) is 87.6 cm³/mol. The van der Waals surface area contributed by atoms with Crippen molar-refractivity contribution in [3.63, 3.8) is 0 Å². The smallest absolute Gasteiger partial charge is 0.329 e. The number of carbonyl (C=O) groups excluding carboxylic acids is 1. The van der Waals surface area contributed by atoms with Crippen LogP contribution in [0.15, 0.2) is 22.7 Å². The second-order valence-corrected chi connectivity index (χ2v) is 6.87. The molecule has 0 aliphatic carbocycles. The lowest BCUT2D eigenvalue weighted by atomic mass is 10.0. The quantitative estimate of drug-likeness (QED) is 0.587. The third-order valence-electron chi connectivity index (χ3n) is 3.39. The monoisotopic (exact) mass is 372 g/mol. The first kappa shape index (κ1) is 16.3. The number of benzene rings is 1. The lowest BCUT2D eigenvalue weighted by Gasteiger charge is -2.23. The van der Waals surface area contributed by atoms with Crippen LogP contribution in [0.5, 0.6) is 0 Å². The number of hydrogen-bond acceptors (Lipinski definition) is 3. The van der Waals surface area contributed by atoms with Gasteiger partial charge in [0.25, 0.3) is 0 Å². The van der Waals surface area contributed by atoms with Crippen LogP contribution in [-0.4, -0.2) is 22.6 Å². The number of imidazole rings is 1. The third kappa shape index (κ3) is 3.09. The Balaban J connectivity index is 2.74. The maximum atomic E-state index is 12.2. The van der Waals surface area contributed by atoms with Crippen molar-refractivity contribution in [3.05, 3.63) is 28.5 Å². The van der Waals surface area contributed by atoms with Crippen LogP contribution < -0.4 is 0 Å². The van der Waals surface area contributed by atoms with Gasteiger partial charge in [-0.2, -0.15) is 0 Å². The molecule has 21 heavy (non-hydrogen) atoms. The van der Waals surface area contributed by atoms with Gasteiger partial charge in [0.05, 0.1) is 23.5 Å². The summed E-state index contributed by atoms with van der Waals surface area (Å²) in [6.45, 7) is 5.81. The summed E-state index contributed by atoms with van der Waals surface area (Å²) in [7, 11) is 1.40. The van der Waals surface area contributed by atoms with Crippen molar-refractivity contribution in [2.75, 3.05) is 7.11 Å². The first-order valence-electron chi connectivity index (χ1n) is 6.76. The van der Waals surface area contributed by atoms with Gasteiger partial charge >= 0.3 is 5.97 Å². The summed E-state index contributed by atoms with van der Waals surface area (Å²) in [6.07, 6.45) is 0. The van der Waals surface area contributed by atoms with Crippen molar-refractivity contribution in [2.24, 2.45) is 5.92 Å². The lowest BCUT2D eigenvalue weighted by molar-refractivity contribution is -0.146. The fraction of sp³-hybridized carbons (Fsp3) is 0.467. The molecule has 0 spiro atoms. The molecular formula is C15H18BrClN2O2. The maximum absolute atomic E-state index is 12.2. The second-order valence-electron chi connectivity index (χ2n) is 5.30. The van der Waals surface area contributed by atoms with Gasteiger partial charge in [-0.25, -0.2) is 9.78 Å². The number of nitrogens with zero attached hydrogens (tertiary/aromatic N) is 2. The topological polar surface area (TPSA) is 44.1 Å². The van der Waals surface area contributed by atoms with Gasteiger partial charge in [0.15, 0.2) is 0 Å². The van der Waals surface area contributed by atoms with Gasteiger partial charge in [-0.15, -0.1) is 11.6 Å². The first-order valence-corrected chi connectivity index (χ1v) is 7.99. The summed E-state index contributed by atoms with van der Waals surface area (Å²) in [5.41, 5.74) is 1.69. The van der Waals surface area contributed by atoms with Crippen molar-refractivity contribution in [3.8, 4) is 0 Å². The lowest BCUT2D eigenvalue weighted by Crippen LogP contribution is -2.27. The average molecular weight is 374 g/mol. The molecule has 0 saturated carbocycles. The van der Waals surface area contributed by atoms with E-state index in [1.54, 1.807) is 0 Å². The van der Waals surface area contributed by atoms with Gasteiger partial charge in [-0.3, -0.25) is 0 Å².